The van der Waals surface area contributed by atoms with E-state index < -0.39 is 60.2 Å². The number of hydrogen-bond donors (Lipinski definition) is 8. The molecule has 3 amide bonds. The van der Waals surface area contributed by atoms with Gasteiger partial charge < -0.3 is 41.9 Å². The molecule has 2 aromatic rings. The van der Waals surface area contributed by atoms with Crippen LogP contribution in [0.15, 0.2) is 25.0 Å². The second-order valence-corrected chi connectivity index (χ2v) is 8.93. The lowest BCUT2D eigenvalue weighted by Gasteiger charge is -2.26. The Morgan fingerprint density at radius 2 is 1.34 bits per heavy atom. The topological polar surface area (TPSA) is 245 Å². The van der Waals surface area contributed by atoms with Crippen LogP contribution in [-0.4, -0.2) is 84.0 Å². The molecule has 15 heteroatoms. The second-order valence-electron chi connectivity index (χ2n) is 8.93. The van der Waals surface area contributed by atoms with E-state index in [1.54, 1.807) is 0 Å². The molecule has 2 rings (SSSR count). The van der Waals surface area contributed by atoms with E-state index in [2.05, 4.69) is 35.9 Å². The van der Waals surface area contributed by atoms with Crippen LogP contribution in [0.4, 0.5) is 0 Å². The molecule has 0 bridgehead atoms. The molecular formula is C23H34N8O7. The third-order valence-electron chi connectivity index (χ3n) is 6.04. The standard InChI is InChI=1S/C23H34N8O7/c1-3-12(2)19(24)22(36)31-17(7-14-9-26-11-28-14)21(35)30-16(6-13-8-25-10-27-13)20(34)29-15(23(37)38)4-5-18(32)33/h8-12,15-17,19H,3-7,24H2,1-2H3,(H,25,27)(H,26,28)(H,29,34)(H,30,35)(H,31,36)(H,32,33)(H,37,38). The molecule has 0 saturated carbocycles. The first-order valence-corrected chi connectivity index (χ1v) is 12.1. The van der Waals surface area contributed by atoms with Crippen molar-refractivity contribution >= 4 is 29.7 Å². The molecule has 2 heterocycles. The lowest BCUT2D eigenvalue weighted by molar-refractivity contribution is -0.143. The van der Waals surface area contributed by atoms with Crippen LogP contribution in [0.2, 0.25) is 0 Å². The van der Waals surface area contributed by atoms with Crippen LogP contribution in [-0.2, 0) is 36.8 Å². The van der Waals surface area contributed by atoms with E-state index >= 15 is 0 Å². The van der Waals surface area contributed by atoms with E-state index in [1.807, 2.05) is 13.8 Å². The number of carboxylic acid groups (broad SMARTS) is 2. The van der Waals surface area contributed by atoms with Crippen molar-refractivity contribution in [2.24, 2.45) is 11.7 Å². The summed E-state index contributed by atoms with van der Waals surface area (Å²) in [6.45, 7) is 3.69. The molecule has 0 aliphatic carbocycles. The summed E-state index contributed by atoms with van der Waals surface area (Å²) in [5, 5.41) is 25.8. The number of carbonyl (C=O) groups excluding carboxylic acids is 3. The second kappa shape index (κ2) is 14.5. The molecule has 0 spiro atoms. The van der Waals surface area contributed by atoms with Crippen molar-refractivity contribution in [1.82, 2.24) is 35.9 Å². The molecule has 2 aromatic heterocycles. The average molecular weight is 535 g/mol. The van der Waals surface area contributed by atoms with Gasteiger partial charge in [-0.2, -0.15) is 0 Å². The number of rotatable bonds is 16. The number of aromatic nitrogens is 4. The van der Waals surface area contributed by atoms with Crippen LogP contribution < -0.4 is 21.7 Å². The van der Waals surface area contributed by atoms with Crippen LogP contribution in [0, 0.1) is 5.92 Å². The number of imidazole rings is 2. The lowest BCUT2D eigenvalue weighted by atomic mass is 9.98. The number of nitrogens with one attached hydrogen (secondary N) is 5. The fraction of sp³-hybridized carbons (Fsp3) is 0.522. The predicted octanol–water partition coefficient (Wildman–Crippen LogP) is -1.30. The van der Waals surface area contributed by atoms with Crippen molar-refractivity contribution in [3.63, 3.8) is 0 Å². The third-order valence-corrected chi connectivity index (χ3v) is 6.04. The van der Waals surface area contributed by atoms with Crippen molar-refractivity contribution in [1.29, 1.82) is 0 Å². The fourth-order valence-corrected chi connectivity index (χ4v) is 3.50. The van der Waals surface area contributed by atoms with Gasteiger partial charge in [-0.1, -0.05) is 20.3 Å². The summed E-state index contributed by atoms with van der Waals surface area (Å²) < 4.78 is 0. The number of carboxylic acids is 2. The Balaban J connectivity index is 2.24. The minimum atomic E-state index is -1.49. The highest BCUT2D eigenvalue weighted by atomic mass is 16.4. The molecular weight excluding hydrogens is 500 g/mol. The molecule has 0 aliphatic rings. The first kappa shape index (κ1) is 30.0. The SMILES string of the molecule is CCC(C)C(N)C(=O)NC(Cc1cnc[nH]1)C(=O)NC(Cc1cnc[nH]1)C(=O)NC(CCC(=O)O)C(=O)O. The van der Waals surface area contributed by atoms with E-state index in [1.165, 1.54) is 25.0 Å². The zero-order valence-electron chi connectivity index (χ0n) is 21.1. The van der Waals surface area contributed by atoms with Crippen LogP contribution in [0.3, 0.4) is 0 Å². The summed E-state index contributed by atoms with van der Waals surface area (Å²) in [5.74, 6) is -4.91. The third kappa shape index (κ3) is 9.31. The minimum absolute atomic E-state index is 0.0135. The summed E-state index contributed by atoms with van der Waals surface area (Å²) in [6, 6.07) is -4.78. The van der Waals surface area contributed by atoms with E-state index in [4.69, 9.17) is 10.8 Å². The Labute approximate surface area is 218 Å². The zero-order valence-corrected chi connectivity index (χ0v) is 21.1. The number of aromatic amines is 2. The number of nitrogens with two attached hydrogens (primary N) is 1. The summed E-state index contributed by atoms with van der Waals surface area (Å²) in [4.78, 5) is 75.1. The minimum Gasteiger partial charge on any atom is -0.481 e. The molecule has 208 valence electrons. The van der Waals surface area contributed by atoms with Crippen molar-refractivity contribution in [2.75, 3.05) is 0 Å². The van der Waals surface area contributed by atoms with Gasteiger partial charge in [-0.25, -0.2) is 14.8 Å². The maximum absolute atomic E-state index is 13.3. The van der Waals surface area contributed by atoms with Gasteiger partial charge in [-0.05, 0) is 12.3 Å². The van der Waals surface area contributed by atoms with E-state index in [9.17, 15) is 29.1 Å². The molecule has 5 unspecified atom stereocenters. The van der Waals surface area contributed by atoms with Gasteiger partial charge in [0.2, 0.25) is 17.7 Å². The highest BCUT2D eigenvalue weighted by Crippen LogP contribution is 2.08. The van der Waals surface area contributed by atoms with Crippen molar-refractivity contribution in [3.8, 4) is 0 Å². The number of hydrogen-bond acceptors (Lipinski definition) is 8. The van der Waals surface area contributed by atoms with Crippen LogP contribution in [0.5, 0.6) is 0 Å². The van der Waals surface area contributed by atoms with Gasteiger partial charge in [0.1, 0.15) is 18.1 Å². The van der Waals surface area contributed by atoms with Gasteiger partial charge >= 0.3 is 11.9 Å². The molecule has 38 heavy (non-hydrogen) atoms. The first-order chi connectivity index (χ1) is 18.0. The van der Waals surface area contributed by atoms with Gasteiger partial charge in [0.15, 0.2) is 0 Å². The summed E-state index contributed by atoms with van der Waals surface area (Å²) in [5.41, 5.74) is 7.04. The molecule has 15 nitrogen and oxygen atoms in total. The Morgan fingerprint density at radius 3 is 1.74 bits per heavy atom. The largest absolute Gasteiger partial charge is 0.481 e. The molecule has 0 aromatic carbocycles. The number of carbonyl (C=O) groups is 5. The first-order valence-electron chi connectivity index (χ1n) is 12.1. The molecule has 5 atom stereocenters. The van der Waals surface area contributed by atoms with Gasteiger partial charge in [-0.15, -0.1) is 0 Å². The molecule has 0 fully saturated rings. The van der Waals surface area contributed by atoms with E-state index in [0.717, 1.165) is 0 Å². The number of amides is 3. The molecule has 0 saturated heterocycles. The smallest absolute Gasteiger partial charge is 0.326 e. The number of nitrogens with zero attached hydrogens (tertiary/aromatic N) is 2. The molecule has 0 radical (unpaired) electrons. The quantitative estimate of drug-likeness (QED) is 0.126. The number of aliphatic carboxylic acids is 2. The van der Waals surface area contributed by atoms with E-state index in [-0.39, 0.29) is 25.2 Å². The normalized spacial score (nSPS) is 14.9. The van der Waals surface area contributed by atoms with Crippen molar-refractivity contribution < 1.29 is 34.2 Å². The summed E-state index contributed by atoms with van der Waals surface area (Å²) in [6.07, 6.45) is 5.43. The highest BCUT2D eigenvalue weighted by Gasteiger charge is 2.32. The van der Waals surface area contributed by atoms with Crippen LogP contribution in [0.1, 0.15) is 44.5 Å². The predicted molar refractivity (Wildman–Crippen MR) is 132 cm³/mol. The number of H-pyrrole nitrogens is 2. The highest BCUT2D eigenvalue weighted by molar-refractivity contribution is 5.94. The molecule has 0 aliphatic heterocycles. The van der Waals surface area contributed by atoms with Crippen LogP contribution >= 0.6 is 0 Å². The van der Waals surface area contributed by atoms with Crippen molar-refractivity contribution in [3.05, 3.63) is 36.4 Å². The van der Waals surface area contributed by atoms with Crippen LogP contribution in [0.25, 0.3) is 0 Å². The van der Waals surface area contributed by atoms with E-state index in [0.29, 0.717) is 17.8 Å². The Kier molecular flexibility index (Phi) is 11.4. The summed E-state index contributed by atoms with van der Waals surface area (Å²) in [7, 11) is 0. The average Bonchev–Trinajstić information content (AvgIpc) is 3.58. The van der Waals surface area contributed by atoms with Gasteiger partial charge in [-0.3, -0.25) is 19.2 Å². The van der Waals surface area contributed by atoms with Crippen molar-refractivity contribution in [2.45, 2.75) is 70.1 Å². The lowest BCUT2D eigenvalue weighted by Crippen LogP contribution is -2.58. The monoisotopic (exact) mass is 534 g/mol. The maximum Gasteiger partial charge on any atom is 0.326 e. The Morgan fingerprint density at radius 1 is 0.868 bits per heavy atom. The zero-order chi connectivity index (χ0) is 28.2. The van der Waals surface area contributed by atoms with Gasteiger partial charge in [0.05, 0.1) is 18.7 Å². The van der Waals surface area contributed by atoms with Gasteiger partial charge in [0.25, 0.3) is 0 Å². The maximum atomic E-state index is 13.3. The Hall–Kier alpha value is -4.27. The Bertz CT molecular complexity index is 1070. The summed E-state index contributed by atoms with van der Waals surface area (Å²) >= 11 is 0. The molecule has 9 N–H and O–H groups in total. The fourth-order valence-electron chi connectivity index (χ4n) is 3.50. The van der Waals surface area contributed by atoms with Gasteiger partial charge in [0, 0.05) is 43.0 Å².